The van der Waals surface area contributed by atoms with E-state index in [0.29, 0.717) is 56.6 Å². The summed E-state index contributed by atoms with van der Waals surface area (Å²) in [6.45, 7) is 9.84. The van der Waals surface area contributed by atoms with E-state index in [4.69, 9.17) is 16.3 Å². The second kappa shape index (κ2) is 19.1. The van der Waals surface area contributed by atoms with Gasteiger partial charge < -0.3 is 20.1 Å². The Morgan fingerprint density at radius 2 is 1.87 bits per heavy atom. The van der Waals surface area contributed by atoms with E-state index < -0.39 is 35.2 Å². The van der Waals surface area contributed by atoms with Crippen molar-refractivity contribution in [2.75, 3.05) is 31.6 Å². The molecule has 55 heavy (non-hydrogen) atoms. The predicted molar refractivity (Wildman–Crippen MR) is 207 cm³/mol. The number of aryl methyl sites for hydroxylation is 1. The van der Waals surface area contributed by atoms with Crippen LogP contribution in [0.15, 0.2) is 82.7 Å². The van der Waals surface area contributed by atoms with Crippen LogP contribution in [0.1, 0.15) is 82.9 Å². The van der Waals surface area contributed by atoms with Crippen LogP contribution in [0.5, 0.6) is 0 Å². The summed E-state index contributed by atoms with van der Waals surface area (Å²) in [5.41, 5.74) is -0.112. The molecule has 2 amide bonds. The zero-order valence-electron chi connectivity index (χ0n) is 31.7. The molecule has 0 bridgehead atoms. The molecule has 0 aliphatic carbocycles. The molecule has 0 unspecified atom stereocenters. The number of ether oxygens (including phenoxy) is 1. The van der Waals surface area contributed by atoms with Gasteiger partial charge >= 0.3 is 6.18 Å². The second-order valence-corrected chi connectivity index (χ2v) is 13.6. The number of aliphatic hydroxyl groups is 1. The van der Waals surface area contributed by atoms with Crippen LogP contribution in [0.2, 0.25) is 5.02 Å². The first-order chi connectivity index (χ1) is 26.2. The number of halogens is 4. The number of aliphatic hydroxyl groups excluding tert-OH is 1. The molecule has 2 aliphatic heterocycles. The van der Waals surface area contributed by atoms with Gasteiger partial charge in [0.1, 0.15) is 24.5 Å². The molecule has 0 spiro atoms. The highest BCUT2D eigenvalue weighted by Crippen LogP contribution is 2.38. The van der Waals surface area contributed by atoms with E-state index in [2.05, 4.69) is 20.4 Å². The van der Waals surface area contributed by atoms with Crippen molar-refractivity contribution in [1.82, 2.24) is 24.6 Å². The standard InChI is InChI=1S/C40H48ClF3N6O5/c1-6-10-11-32(51)34(26(5)8-3)37(53)49-19-17-39(16-7-2,18-20-49)35-30(9-4)45-25-46-36(27-14-21-55-22-15-27)48-50(38(35)54)24-33(52)47-31-13-12-28(23-29(31)41)40(42,43)44/h6-7,10-14,16,23,25,51H,8-9,15,17-22,24H2,1-5H3,(H,47,52)(H,45,46,48)/b10-6-,16-7+,32-11+,34-26?,35-30?. The molecule has 296 valence electrons. The van der Waals surface area contributed by atoms with E-state index in [1.807, 2.05) is 52.8 Å². The highest BCUT2D eigenvalue weighted by molar-refractivity contribution is 6.33. The number of hydrogen-bond donors (Lipinski definition) is 3. The molecule has 3 heterocycles. The van der Waals surface area contributed by atoms with Crippen molar-refractivity contribution in [3.05, 3.63) is 116 Å². The van der Waals surface area contributed by atoms with Gasteiger partial charge in [0.25, 0.3) is 11.5 Å². The van der Waals surface area contributed by atoms with Crippen molar-refractivity contribution in [2.45, 2.75) is 84.9 Å². The van der Waals surface area contributed by atoms with Crippen molar-refractivity contribution < 1.29 is 32.6 Å². The number of aromatic amines is 1. The number of hydrogen-bond acceptors (Lipinski definition) is 7. The third-order valence-electron chi connectivity index (χ3n) is 9.66. The van der Waals surface area contributed by atoms with E-state index in [-0.39, 0.29) is 46.9 Å². The molecular weight excluding hydrogens is 737 g/mol. The lowest BCUT2D eigenvalue weighted by Crippen LogP contribution is -2.48. The number of carbonyl (C=O) groups is 2. The molecule has 0 radical (unpaired) electrons. The van der Waals surface area contributed by atoms with Gasteiger partial charge in [-0.15, -0.1) is 0 Å². The quantitative estimate of drug-likeness (QED) is 0.0909. The molecule has 15 heteroatoms. The summed E-state index contributed by atoms with van der Waals surface area (Å²) in [4.78, 5) is 53.5. The van der Waals surface area contributed by atoms with Gasteiger partial charge in [0.05, 0.1) is 46.3 Å². The summed E-state index contributed by atoms with van der Waals surface area (Å²) < 4.78 is 46.4. The van der Waals surface area contributed by atoms with Gasteiger partial charge in [-0.25, -0.2) is 14.6 Å². The number of amides is 2. The molecule has 1 saturated heterocycles. The normalized spacial score (nSPS) is 16.9. The summed E-state index contributed by atoms with van der Waals surface area (Å²) in [6.07, 6.45) is 9.19. The Labute approximate surface area is 323 Å². The maximum Gasteiger partial charge on any atom is 0.416 e. The lowest BCUT2D eigenvalue weighted by Gasteiger charge is -2.40. The van der Waals surface area contributed by atoms with Crippen LogP contribution in [0, 0.1) is 0 Å². The van der Waals surface area contributed by atoms with Gasteiger partial charge in [-0.05, 0) is 82.7 Å². The molecule has 2 aliphatic rings. The number of benzene rings is 1. The van der Waals surface area contributed by atoms with Crippen LogP contribution >= 0.6 is 11.6 Å². The number of piperidine rings is 1. The van der Waals surface area contributed by atoms with E-state index >= 15 is 4.79 Å². The van der Waals surface area contributed by atoms with Crippen LogP contribution in [0.3, 0.4) is 0 Å². The molecule has 11 nitrogen and oxygen atoms in total. The average Bonchev–Trinajstić information content (AvgIpc) is 3.22. The highest BCUT2D eigenvalue weighted by Gasteiger charge is 2.40. The van der Waals surface area contributed by atoms with Crippen molar-refractivity contribution in [1.29, 1.82) is 0 Å². The monoisotopic (exact) mass is 784 g/mol. The molecule has 0 saturated carbocycles. The largest absolute Gasteiger partial charge is 0.507 e. The number of rotatable bonds is 11. The molecular formula is C40H48ClF3N6O5. The molecule has 0 atom stereocenters. The van der Waals surface area contributed by atoms with Crippen LogP contribution in [0.4, 0.5) is 18.9 Å². The molecule has 1 aromatic heterocycles. The van der Waals surface area contributed by atoms with E-state index in [1.54, 1.807) is 17.1 Å². The maximum atomic E-state index is 15.0. The Kier molecular flexibility index (Phi) is 14.8. The summed E-state index contributed by atoms with van der Waals surface area (Å²) >= 11 is 6.15. The van der Waals surface area contributed by atoms with Crippen LogP contribution < -0.4 is 10.9 Å². The second-order valence-electron chi connectivity index (χ2n) is 13.2. The fourth-order valence-corrected chi connectivity index (χ4v) is 6.86. The Balaban J connectivity index is 1.85. The minimum Gasteiger partial charge on any atom is -0.507 e. The zero-order valence-corrected chi connectivity index (χ0v) is 32.5. The Bertz CT molecular complexity index is 2020. The van der Waals surface area contributed by atoms with Gasteiger partial charge in [-0.1, -0.05) is 61.4 Å². The Hall–Kier alpha value is -4.95. The summed E-state index contributed by atoms with van der Waals surface area (Å²) in [5, 5.41) is 16.2. The third kappa shape index (κ3) is 10.4. The number of aromatic nitrogens is 4. The van der Waals surface area contributed by atoms with Gasteiger partial charge in [0.15, 0.2) is 0 Å². The topological polar surface area (TPSA) is 142 Å². The number of likely N-dealkylation sites (tertiary alicyclic amines) is 1. The van der Waals surface area contributed by atoms with Crippen molar-refractivity contribution in [3.8, 4) is 0 Å². The average molecular weight is 785 g/mol. The number of nitrogens with zero attached hydrogens (tertiary/aromatic N) is 4. The smallest absolute Gasteiger partial charge is 0.416 e. The van der Waals surface area contributed by atoms with E-state index in [9.17, 15) is 27.9 Å². The van der Waals surface area contributed by atoms with Crippen LogP contribution in [-0.2, 0) is 38.9 Å². The van der Waals surface area contributed by atoms with Gasteiger partial charge in [0.2, 0.25) is 5.91 Å². The van der Waals surface area contributed by atoms with E-state index in [0.717, 1.165) is 34.0 Å². The molecule has 2 aromatic rings. The summed E-state index contributed by atoms with van der Waals surface area (Å²) in [7, 11) is 0. The molecule has 3 N–H and O–H groups in total. The first-order valence-electron chi connectivity index (χ1n) is 18.2. The fourth-order valence-electron chi connectivity index (χ4n) is 6.63. The minimum atomic E-state index is -4.63. The lowest BCUT2D eigenvalue weighted by molar-refractivity contribution is -0.137. The van der Waals surface area contributed by atoms with Crippen molar-refractivity contribution in [2.24, 2.45) is 0 Å². The van der Waals surface area contributed by atoms with Crippen molar-refractivity contribution >= 4 is 34.7 Å². The number of alkyl halides is 3. The number of H-pyrrole nitrogens is 1. The molecule has 1 aromatic carbocycles. The maximum absolute atomic E-state index is 15.0. The number of anilines is 1. The third-order valence-corrected chi connectivity index (χ3v) is 9.98. The van der Waals surface area contributed by atoms with Crippen LogP contribution in [0.25, 0.3) is 5.57 Å². The fraction of sp³-hybridized carbons (Fsp3) is 0.425. The van der Waals surface area contributed by atoms with Gasteiger partial charge in [0, 0.05) is 18.5 Å². The predicted octanol–water partition coefficient (Wildman–Crippen LogP) is 7.95. The molecule has 1 fully saturated rings. The van der Waals surface area contributed by atoms with Gasteiger partial charge in [-0.3, -0.25) is 19.5 Å². The van der Waals surface area contributed by atoms with Crippen LogP contribution in [-0.4, -0.2) is 67.9 Å². The Morgan fingerprint density at radius 1 is 1.15 bits per heavy atom. The minimum absolute atomic E-state index is 0.0634. The number of nitrogens with one attached hydrogen (secondary N) is 2. The first-order valence-corrected chi connectivity index (χ1v) is 18.6. The first kappa shape index (κ1) is 42.8. The summed E-state index contributed by atoms with van der Waals surface area (Å²) in [5.74, 6) is -0.913. The lowest BCUT2D eigenvalue weighted by atomic mass is 9.71. The number of carbonyl (C=O) groups excluding carboxylic acids is 2. The highest BCUT2D eigenvalue weighted by atomic mass is 35.5. The van der Waals surface area contributed by atoms with Crippen molar-refractivity contribution in [3.63, 3.8) is 0 Å². The van der Waals surface area contributed by atoms with Gasteiger partial charge in [-0.2, -0.15) is 13.2 Å². The SMILES string of the molecule is C/C=C\C=C(\O)C(C(=O)N1CCC(/C=C/C)(c2c(CC)ncnc(C3=CCOCC3)[nH]n(CC(=O)Nc3ccc(C(F)(F)F)cc3Cl)c2=O)CC1)=C(C)CC. The Morgan fingerprint density at radius 3 is 2.45 bits per heavy atom. The van der Waals surface area contributed by atoms with E-state index in [1.165, 1.54) is 12.4 Å². The zero-order chi connectivity index (χ0) is 40.3. The number of allylic oxidation sites excluding steroid dienone is 6. The summed E-state index contributed by atoms with van der Waals surface area (Å²) in [6, 6.07) is 2.58. The molecule has 4 rings (SSSR count).